The third-order valence-electron chi connectivity index (χ3n) is 1.69. The van der Waals surface area contributed by atoms with Crippen LogP contribution in [0.1, 0.15) is 17.3 Å². The standard InChI is InChI=1S/C10H9FO4/c1-6(12)7-2-3-9(8(11)4-7)15-5-10(13)14/h2-4H,5H2,1H3,(H,13,14). The summed E-state index contributed by atoms with van der Waals surface area (Å²) in [4.78, 5) is 21.0. The Morgan fingerprint density at radius 2 is 2.13 bits per heavy atom. The average Bonchev–Trinajstić information content (AvgIpc) is 2.15. The second-order valence-electron chi connectivity index (χ2n) is 2.88. The van der Waals surface area contributed by atoms with Crippen molar-refractivity contribution in [3.05, 3.63) is 29.6 Å². The topological polar surface area (TPSA) is 63.6 Å². The van der Waals surface area contributed by atoms with Gasteiger partial charge in [-0.25, -0.2) is 9.18 Å². The number of carboxylic acid groups (broad SMARTS) is 1. The maximum absolute atomic E-state index is 13.2. The number of ketones is 1. The zero-order valence-electron chi connectivity index (χ0n) is 7.99. The van der Waals surface area contributed by atoms with E-state index < -0.39 is 18.4 Å². The Hall–Kier alpha value is -1.91. The summed E-state index contributed by atoms with van der Waals surface area (Å²) in [5.74, 6) is -2.38. The van der Waals surface area contributed by atoms with Crippen LogP contribution < -0.4 is 4.74 Å². The molecule has 15 heavy (non-hydrogen) atoms. The van der Waals surface area contributed by atoms with E-state index in [2.05, 4.69) is 4.74 Å². The lowest BCUT2D eigenvalue weighted by Gasteiger charge is -2.05. The first kappa shape index (κ1) is 11.2. The molecule has 0 aliphatic carbocycles. The highest BCUT2D eigenvalue weighted by Crippen LogP contribution is 2.18. The first-order valence-electron chi connectivity index (χ1n) is 4.16. The molecule has 1 N–H and O–H groups in total. The molecule has 80 valence electrons. The van der Waals surface area contributed by atoms with E-state index in [1.165, 1.54) is 19.1 Å². The van der Waals surface area contributed by atoms with Crippen molar-refractivity contribution in [1.29, 1.82) is 0 Å². The molecule has 4 nitrogen and oxygen atoms in total. The van der Waals surface area contributed by atoms with Crippen LogP contribution in [0.15, 0.2) is 18.2 Å². The van der Waals surface area contributed by atoms with Gasteiger partial charge < -0.3 is 9.84 Å². The van der Waals surface area contributed by atoms with Gasteiger partial charge in [-0.3, -0.25) is 4.79 Å². The van der Waals surface area contributed by atoms with Gasteiger partial charge in [-0.1, -0.05) is 0 Å². The van der Waals surface area contributed by atoms with Crippen LogP contribution in [0.25, 0.3) is 0 Å². The SMILES string of the molecule is CC(=O)c1ccc(OCC(=O)O)c(F)c1. The molecule has 0 unspecified atom stereocenters. The molecule has 1 aromatic rings. The molecule has 5 heteroatoms. The number of carbonyl (C=O) groups is 2. The number of benzene rings is 1. The van der Waals surface area contributed by atoms with Gasteiger partial charge >= 0.3 is 5.97 Å². The number of hydrogen-bond acceptors (Lipinski definition) is 3. The van der Waals surface area contributed by atoms with Crippen LogP contribution in [-0.2, 0) is 4.79 Å². The van der Waals surface area contributed by atoms with Crippen LogP contribution in [-0.4, -0.2) is 23.5 Å². The predicted molar refractivity (Wildman–Crippen MR) is 49.5 cm³/mol. The van der Waals surface area contributed by atoms with Crippen LogP contribution in [0.3, 0.4) is 0 Å². The van der Waals surface area contributed by atoms with Gasteiger partial charge in [0.1, 0.15) is 0 Å². The molecule has 0 radical (unpaired) electrons. The van der Waals surface area contributed by atoms with Gasteiger partial charge in [0, 0.05) is 5.56 Å². The number of ether oxygens (including phenoxy) is 1. The fourth-order valence-corrected chi connectivity index (χ4v) is 0.976. The number of rotatable bonds is 4. The third kappa shape index (κ3) is 3.05. The maximum Gasteiger partial charge on any atom is 0.341 e. The Morgan fingerprint density at radius 1 is 1.47 bits per heavy atom. The molecular formula is C10H9FO4. The van der Waals surface area contributed by atoms with Crippen molar-refractivity contribution in [3.63, 3.8) is 0 Å². The summed E-state index contributed by atoms with van der Waals surface area (Å²) in [5, 5.41) is 8.31. The van der Waals surface area contributed by atoms with Gasteiger partial charge in [0.25, 0.3) is 0 Å². The molecule has 0 saturated carbocycles. The van der Waals surface area contributed by atoms with Gasteiger partial charge in [0.05, 0.1) is 0 Å². The van der Waals surface area contributed by atoms with Crippen LogP contribution in [0.2, 0.25) is 0 Å². The van der Waals surface area contributed by atoms with Crippen molar-refractivity contribution in [3.8, 4) is 5.75 Å². The number of aliphatic carboxylic acids is 1. The number of carbonyl (C=O) groups excluding carboxylic acids is 1. The molecule has 0 heterocycles. The van der Waals surface area contributed by atoms with E-state index in [0.29, 0.717) is 0 Å². The molecule has 0 aliphatic heterocycles. The highest BCUT2D eigenvalue weighted by atomic mass is 19.1. The molecule has 0 atom stereocenters. The Morgan fingerprint density at radius 3 is 2.60 bits per heavy atom. The van der Waals surface area contributed by atoms with Crippen LogP contribution in [0.5, 0.6) is 5.75 Å². The van der Waals surface area contributed by atoms with Gasteiger partial charge in [0.2, 0.25) is 0 Å². The minimum absolute atomic E-state index is 0.178. The first-order valence-corrected chi connectivity index (χ1v) is 4.16. The van der Waals surface area contributed by atoms with E-state index in [9.17, 15) is 14.0 Å². The molecule has 0 spiro atoms. The van der Waals surface area contributed by atoms with Crippen LogP contribution in [0.4, 0.5) is 4.39 Å². The van der Waals surface area contributed by atoms with Gasteiger partial charge in [0.15, 0.2) is 24.0 Å². The number of carboxylic acids is 1. The Balaban J connectivity index is 2.83. The van der Waals surface area contributed by atoms with Crippen molar-refractivity contribution in [2.45, 2.75) is 6.92 Å². The molecule has 0 amide bonds. The molecule has 1 rings (SSSR count). The number of hydrogen-bond donors (Lipinski definition) is 1. The van der Waals surface area contributed by atoms with Crippen molar-refractivity contribution in [2.24, 2.45) is 0 Å². The van der Waals surface area contributed by atoms with Crippen molar-refractivity contribution >= 4 is 11.8 Å². The highest BCUT2D eigenvalue weighted by Gasteiger charge is 2.08. The van der Waals surface area contributed by atoms with Gasteiger partial charge in [-0.15, -0.1) is 0 Å². The first-order chi connectivity index (χ1) is 7.00. The third-order valence-corrected chi connectivity index (χ3v) is 1.69. The fraction of sp³-hybridized carbons (Fsp3) is 0.200. The predicted octanol–water partition coefficient (Wildman–Crippen LogP) is 1.49. The minimum atomic E-state index is -1.19. The second kappa shape index (κ2) is 4.54. The zero-order valence-corrected chi connectivity index (χ0v) is 7.99. The number of halogens is 1. The quantitative estimate of drug-likeness (QED) is 0.768. The average molecular weight is 212 g/mol. The second-order valence-corrected chi connectivity index (χ2v) is 2.88. The molecular weight excluding hydrogens is 203 g/mol. The Bertz CT molecular complexity index is 400. The fourth-order valence-electron chi connectivity index (χ4n) is 0.976. The van der Waals surface area contributed by atoms with E-state index in [0.717, 1.165) is 6.07 Å². The van der Waals surface area contributed by atoms with Crippen LogP contribution >= 0.6 is 0 Å². The van der Waals surface area contributed by atoms with Crippen molar-refractivity contribution in [2.75, 3.05) is 6.61 Å². The van der Waals surface area contributed by atoms with E-state index in [1.807, 2.05) is 0 Å². The van der Waals surface area contributed by atoms with E-state index >= 15 is 0 Å². The molecule has 0 bridgehead atoms. The van der Waals surface area contributed by atoms with Gasteiger partial charge in [-0.2, -0.15) is 0 Å². The summed E-state index contributed by atoms with van der Waals surface area (Å²) in [5.41, 5.74) is 0.218. The summed E-state index contributed by atoms with van der Waals surface area (Å²) >= 11 is 0. The zero-order chi connectivity index (χ0) is 11.4. The smallest absolute Gasteiger partial charge is 0.341 e. The summed E-state index contributed by atoms with van der Waals surface area (Å²) < 4.78 is 17.8. The summed E-state index contributed by atoms with van der Waals surface area (Å²) in [6, 6.07) is 3.62. The summed E-state index contributed by atoms with van der Waals surface area (Å²) in [7, 11) is 0. The summed E-state index contributed by atoms with van der Waals surface area (Å²) in [6.45, 7) is 0.697. The lowest BCUT2D eigenvalue weighted by atomic mass is 10.1. The molecule has 0 aromatic heterocycles. The maximum atomic E-state index is 13.2. The lowest BCUT2D eigenvalue weighted by molar-refractivity contribution is -0.139. The van der Waals surface area contributed by atoms with E-state index in [1.54, 1.807) is 0 Å². The molecule has 0 saturated heterocycles. The minimum Gasteiger partial charge on any atom is -0.479 e. The van der Waals surface area contributed by atoms with Crippen LogP contribution in [0, 0.1) is 5.82 Å². The summed E-state index contributed by atoms with van der Waals surface area (Å²) in [6.07, 6.45) is 0. The van der Waals surface area contributed by atoms with E-state index in [4.69, 9.17) is 5.11 Å². The Labute approximate surface area is 85.3 Å². The molecule has 0 aliphatic rings. The monoisotopic (exact) mass is 212 g/mol. The van der Waals surface area contributed by atoms with Gasteiger partial charge in [-0.05, 0) is 25.1 Å². The van der Waals surface area contributed by atoms with E-state index in [-0.39, 0.29) is 17.1 Å². The van der Waals surface area contributed by atoms with Crippen molar-refractivity contribution < 1.29 is 23.8 Å². The van der Waals surface area contributed by atoms with Crippen molar-refractivity contribution in [1.82, 2.24) is 0 Å². The normalized spacial score (nSPS) is 9.73. The highest BCUT2D eigenvalue weighted by molar-refractivity contribution is 5.94. The lowest BCUT2D eigenvalue weighted by Crippen LogP contribution is -2.10. The molecule has 1 aromatic carbocycles. The Kier molecular flexibility index (Phi) is 3.38. The molecule has 0 fully saturated rings. The largest absolute Gasteiger partial charge is 0.479 e. The number of Topliss-reactive ketones (excluding diaryl/α,β-unsaturated/α-hetero) is 1.